The fraction of sp³-hybridized carbons (Fsp3) is 0.423. The molecule has 2 heterocycles. The number of primary amides is 1. The Morgan fingerprint density at radius 2 is 1.74 bits per heavy atom. The first-order valence-corrected chi connectivity index (χ1v) is 12.0. The molecule has 2 aromatic carbocycles. The predicted octanol–water partition coefficient (Wildman–Crippen LogP) is 4.35. The van der Waals surface area contributed by atoms with Crippen molar-refractivity contribution in [2.75, 3.05) is 24.5 Å². The van der Waals surface area contributed by atoms with Crippen LogP contribution in [0, 0.1) is 0 Å². The van der Waals surface area contributed by atoms with Gasteiger partial charge in [0.1, 0.15) is 12.1 Å². The first kappa shape index (κ1) is 23.5. The molecule has 1 saturated carbocycles. The molecule has 9 heteroatoms. The summed E-state index contributed by atoms with van der Waals surface area (Å²) in [5.74, 6) is 0.356. The van der Waals surface area contributed by atoms with E-state index in [0.717, 1.165) is 50.9 Å². The molecule has 35 heavy (non-hydrogen) atoms. The van der Waals surface area contributed by atoms with Crippen LogP contribution in [0.3, 0.4) is 0 Å². The highest BCUT2D eigenvalue weighted by molar-refractivity contribution is 5.92. The minimum Gasteiger partial charge on any atom is -0.368 e. The van der Waals surface area contributed by atoms with Gasteiger partial charge in [0, 0.05) is 24.5 Å². The monoisotopic (exact) mass is 483 g/mol. The molecule has 0 atom stereocenters. The smallest absolute Gasteiger partial charge is 0.368 e. The maximum Gasteiger partial charge on any atom is 0.416 e. The first-order chi connectivity index (χ1) is 16.8. The van der Waals surface area contributed by atoms with Gasteiger partial charge in [0.25, 0.3) is 0 Å². The van der Waals surface area contributed by atoms with Gasteiger partial charge in [-0.05, 0) is 55.4 Å². The Hall–Kier alpha value is -3.20. The second-order valence-corrected chi connectivity index (χ2v) is 9.55. The third-order valence-electron chi connectivity index (χ3n) is 7.36. The van der Waals surface area contributed by atoms with E-state index < -0.39 is 17.6 Å². The average Bonchev–Trinajstić information content (AvgIpc) is 2.82. The molecule has 1 aliphatic heterocycles. The molecule has 1 amide bonds. The molecular formula is C26H28F3N5O. The fourth-order valence-corrected chi connectivity index (χ4v) is 5.48. The van der Waals surface area contributed by atoms with Gasteiger partial charge in [-0.2, -0.15) is 13.2 Å². The van der Waals surface area contributed by atoms with E-state index >= 15 is 0 Å². The van der Waals surface area contributed by atoms with Crippen LogP contribution < -0.4 is 10.6 Å². The van der Waals surface area contributed by atoms with Crippen molar-refractivity contribution in [1.82, 2.24) is 14.9 Å². The van der Waals surface area contributed by atoms with Crippen LogP contribution in [0.1, 0.15) is 42.7 Å². The van der Waals surface area contributed by atoms with Crippen molar-refractivity contribution in [2.24, 2.45) is 5.73 Å². The Morgan fingerprint density at radius 3 is 2.40 bits per heavy atom. The first-order valence-electron chi connectivity index (χ1n) is 12.0. The number of hydrogen-bond acceptors (Lipinski definition) is 5. The number of halogens is 3. The summed E-state index contributed by atoms with van der Waals surface area (Å²) in [5.41, 5.74) is 6.54. The van der Waals surface area contributed by atoms with Gasteiger partial charge < -0.3 is 10.6 Å². The number of hydrogen-bond donors (Lipinski definition) is 1. The quantitative estimate of drug-likeness (QED) is 0.564. The number of benzene rings is 2. The molecule has 5 rings (SSSR count). The van der Waals surface area contributed by atoms with Crippen molar-refractivity contribution in [3.63, 3.8) is 0 Å². The highest BCUT2D eigenvalue weighted by Gasteiger charge is 2.39. The molecule has 1 saturated heterocycles. The molecule has 2 N–H and O–H groups in total. The largest absolute Gasteiger partial charge is 0.416 e. The van der Waals surface area contributed by atoms with Gasteiger partial charge in [0.05, 0.1) is 23.7 Å². The molecule has 184 valence electrons. The zero-order chi connectivity index (χ0) is 24.6. The number of anilines is 1. The number of nitrogens with zero attached hydrogens (tertiary/aromatic N) is 4. The van der Waals surface area contributed by atoms with E-state index in [1.807, 2.05) is 6.07 Å². The Kier molecular flexibility index (Phi) is 6.35. The lowest BCUT2D eigenvalue weighted by atomic mass is 9.80. The molecule has 2 fully saturated rings. The normalized spacial score (nSPS) is 21.6. The summed E-state index contributed by atoms with van der Waals surface area (Å²) in [6.07, 6.45) is 1.32. The van der Waals surface area contributed by atoms with Crippen LogP contribution in [0.5, 0.6) is 0 Å². The second-order valence-electron chi connectivity index (χ2n) is 9.55. The van der Waals surface area contributed by atoms with Gasteiger partial charge in [-0.3, -0.25) is 9.69 Å². The van der Waals surface area contributed by atoms with Crippen molar-refractivity contribution < 1.29 is 18.0 Å². The number of likely N-dealkylation sites (tertiary alicyclic amines) is 1. The van der Waals surface area contributed by atoms with Crippen LogP contribution in [0.2, 0.25) is 0 Å². The maximum atomic E-state index is 13.4. The summed E-state index contributed by atoms with van der Waals surface area (Å²) in [6, 6.07) is 14.4. The number of carbonyl (C=O) groups is 1. The molecule has 0 radical (unpaired) electrons. The zero-order valence-corrected chi connectivity index (χ0v) is 19.3. The third-order valence-corrected chi connectivity index (χ3v) is 7.36. The third kappa shape index (κ3) is 4.96. The van der Waals surface area contributed by atoms with E-state index in [2.05, 4.69) is 39.1 Å². The standard InChI is InChI=1S/C26H28F3N5O/c27-26(28,29)19-8-11-23-22(12-19)25(32-16-31-23)34(15-24(30)35)21-13-33(14-21)20-9-6-18(7-10-20)17-4-2-1-3-5-17/h1-5,8,11-12,16,18,20-21H,6-7,9-10,13-15H2,(H2,30,35). The summed E-state index contributed by atoms with van der Waals surface area (Å²) in [7, 11) is 0. The van der Waals surface area contributed by atoms with E-state index in [1.54, 1.807) is 4.90 Å². The molecule has 6 nitrogen and oxygen atoms in total. The molecule has 1 aromatic heterocycles. The van der Waals surface area contributed by atoms with Crippen LogP contribution in [-0.2, 0) is 11.0 Å². The van der Waals surface area contributed by atoms with Gasteiger partial charge in [-0.1, -0.05) is 30.3 Å². The SMILES string of the molecule is NC(=O)CN(c1ncnc2ccc(C(F)(F)F)cc12)C1CN(C2CCC(c3ccccc3)CC2)C1. The van der Waals surface area contributed by atoms with E-state index in [-0.39, 0.29) is 18.0 Å². The van der Waals surface area contributed by atoms with Crippen LogP contribution in [0.25, 0.3) is 10.9 Å². The van der Waals surface area contributed by atoms with Gasteiger partial charge in [-0.25, -0.2) is 9.97 Å². The lowest BCUT2D eigenvalue weighted by Gasteiger charge is -2.50. The van der Waals surface area contributed by atoms with Gasteiger partial charge in [0.15, 0.2) is 0 Å². The summed E-state index contributed by atoms with van der Waals surface area (Å²) >= 11 is 0. The van der Waals surface area contributed by atoms with Crippen LogP contribution in [0.4, 0.5) is 19.0 Å². The number of amides is 1. The highest BCUT2D eigenvalue weighted by Crippen LogP contribution is 2.38. The number of alkyl halides is 3. The number of aromatic nitrogens is 2. The van der Waals surface area contributed by atoms with Gasteiger partial charge >= 0.3 is 6.18 Å². The number of carbonyl (C=O) groups excluding carboxylic acids is 1. The average molecular weight is 484 g/mol. The van der Waals surface area contributed by atoms with Gasteiger partial charge in [-0.15, -0.1) is 0 Å². The Morgan fingerprint density at radius 1 is 1.03 bits per heavy atom. The summed E-state index contributed by atoms with van der Waals surface area (Å²) in [6.45, 7) is 1.33. The summed E-state index contributed by atoms with van der Waals surface area (Å²) < 4.78 is 40.1. The molecule has 0 bridgehead atoms. The molecule has 1 aliphatic carbocycles. The number of rotatable bonds is 6. The van der Waals surface area contributed by atoms with Crippen molar-refractivity contribution in [1.29, 1.82) is 0 Å². The van der Waals surface area contributed by atoms with E-state index in [4.69, 9.17) is 5.73 Å². The van der Waals surface area contributed by atoms with E-state index in [0.29, 0.717) is 23.3 Å². The van der Waals surface area contributed by atoms with E-state index in [1.165, 1.54) is 18.0 Å². The topological polar surface area (TPSA) is 75.4 Å². The molecule has 2 aliphatic rings. The highest BCUT2D eigenvalue weighted by atomic mass is 19.4. The number of fused-ring (bicyclic) bond motifs is 1. The molecule has 0 unspecified atom stereocenters. The minimum absolute atomic E-state index is 0.0537. The van der Waals surface area contributed by atoms with Gasteiger partial charge in [0.2, 0.25) is 5.91 Å². The Labute approximate surface area is 201 Å². The zero-order valence-electron chi connectivity index (χ0n) is 19.3. The number of nitrogens with two attached hydrogens (primary N) is 1. The van der Waals surface area contributed by atoms with Crippen LogP contribution in [-0.4, -0.2) is 52.5 Å². The minimum atomic E-state index is -4.48. The fourth-order valence-electron chi connectivity index (χ4n) is 5.48. The predicted molar refractivity (Wildman–Crippen MR) is 128 cm³/mol. The lowest BCUT2D eigenvalue weighted by Crippen LogP contribution is -2.64. The maximum absolute atomic E-state index is 13.4. The van der Waals surface area contributed by atoms with Crippen molar-refractivity contribution in [3.05, 3.63) is 66.0 Å². The van der Waals surface area contributed by atoms with E-state index in [9.17, 15) is 18.0 Å². The molecule has 0 spiro atoms. The Balaban J connectivity index is 1.31. The lowest BCUT2D eigenvalue weighted by molar-refractivity contribution is -0.137. The molecule has 3 aromatic rings. The Bertz CT molecular complexity index is 1190. The second kappa shape index (κ2) is 9.45. The van der Waals surface area contributed by atoms with Crippen LogP contribution >= 0.6 is 0 Å². The van der Waals surface area contributed by atoms with Crippen molar-refractivity contribution >= 4 is 22.6 Å². The van der Waals surface area contributed by atoms with Crippen molar-refractivity contribution in [2.45, 2.75) is 49.9 Å². The van der Waals surface area contributed by atoms with Crippen molar-refractivity contribution in [3.8, 4) is 0 Å². The summed E-state index contributed by atoms with van der Waals surface area (Å²) in [5, 5.41) is 0.269. The van der Waals surface area contributed by atoms with Crippen LogP contribution in [0.15, 0.2) is 54.9 Å². The molecular weight excluding hydrogens is 455 g/mol. The summed E-state index contributed by atoms with van der Waals surface area (Å²) in [4.78, 5) is 24.5.